The molecule has 0 aliphatic heterocycles. The van der Waals surface area contributed by atoms with Crippen molar-refractivity contribution in [1.82, 2.24) is 4.57 Å². The van der Waals surface area contributed by atoms with Crippen molar-refractivity contribution < 1.29 is 4.79 Å². The van der Waals surface area contributed by atoms with Crippen LogP contribution in [-0.2, 0) is 11.3 Å². The molecule has 94 valence electrons. The maximum atomic E-state index is 12.5. The van der Waals surface area contributed by atoms with Crippen LogP contribution in [0.5, 0.6) is 0 Å². The molecule has 19 heavy (non-hydrogen) atoms. The van der Waals surface area contributed by atoms with E-state index in [9.17, 15) is 9.59 Å². The van der Waals surface area contributed by atoms with Crippen LogP contribution >= 0.6 is 0 Å². The lowest BCUT2D eigenvalue weighted by molar-refractivity contribution is -0.117. The lowest BCUT2D eigenvalue weighted by Gasteiger charge is -2.11. The van der Waals surface area contributed by atoms with E-state index in [2.05, 4.69) is 0 Å². The number of rotatable bonds is 2. The Kier molecular flexibility index (Phi) is 2.67. The van der Waals surface area contributed by atoms with E-state index in [0.717, 1.165) is 16.3 Å². The number of carbonyl (C=O) groups is 1. The molecular formula is C16H13NO2. The molecule has 0 aliphatic carbocycles. The molecule has 0 radical (unpaired) electrons. The van der Waals surface area contributed by atoms with E-state index in [1.54, 1.807) is 10.6 Å². The SMILES string of the molecule is CC(=O)Cn1c(=O)c2ccccc2c2ccccc21. The van der Waals surface area contributed by atoms with Crippen molar-refractivity contribution >= 4 is 27.5 Å². The molecule has 3 heteroatoms. The first-order valence-corrected chi connectivity index (χ1v) is 6.18. The molecule has 3 aromatic rings. The van der Waals surface area contributed by atoms with Gasteiger partial charge in [-0.15, -0.1) is 0 Å². The van der Waals surface area contributed by atoms with Crippen molar-refractivity contribution in [2.24, 2.45) is 0 Å². The molecule has 3 nitrogen and oxygen atoms in total. The van der Waals surface area contributed by atoms with Crippen LogP contribution in [0.1, 0.15) is 6.92 Å². The first-order chi connectivity index (χ1) is 9.18. The molecule has 0 fully saturated rings. The standard InChI is InChI=1S/C16H13NO2/c1-11(18)10-17-15-9-5-4-7-13(15)12-6-2-3-8-14(12)16(17)19/h2-9H,10H2,1H3. The molecule has 0 bridgehead atoms. The maximum Gasteiger partial charge on any atom is 0.259 e. The summed E-state index contributed by atoms with van der Waals surface area (Å²) in [6, 6.07) is 15.2. The third-order valence-corrected chi connectivity index (χ3v) is 3.27. The van der Waals surface area contributed by atoms with Crippen molar-refractivity contribution in [3.8, 4) is 0 Å². The number of carbonyl (C=O) groups excluding carboxylic acids is 1. The van der Waals surface area contributed by atoms with E-state index in [-0.39, 0.29) is 17.9 Å². The molecule has 2 aromatic carbocycles. The van der Waals surface area contributed by atoms with Crippen LogP contribution in [0.3, 0.4) is 0 Å². The Hall–Kier alpha value is -2.42. The van der Waals surface area contributed by atoms with Gasteiger partial charge in [-0.05, 0) is 24.4 Å². The van der Waals surface area contributed by atoms with Gasteiger partial charge in [0.25, 0.3) is 5.56 Å². The van der Waals surface area contributed by atoms with E-state index in [1.807, 2.05) is 42.5 Å². The Labute approximate surface area is 110 Å². The zero-order valence-corrected chi connectivity index (χ0v) is 10.6. The first-order valence-electron chi connectivity index (χ1n) is 6.18. The van der Waals surface area contributed by atoms with E-state index >= 15 is 0 Å². The van der Waals surface area contributed by atoms with E-state index in [4.69, 9.17) is 0 Å². The lowest BCUT2D eigenvalue weighted by atomic mass is 10.1. The molecule has 3 rings (SSSR count). The molecule has 0 aliphatic rings. The minimum absolute atomic E-state index is 0.0254. The second kappa shape index (κ2) is 4.35. The van der Waals surface area contributed by atoms with Crippen LogP contribution in [0.2, 0.25) is 0 Å². The van der Waals surface area contributed by atoms with Gasteiger partial charge in [0, 0.05) is 10.8 Å². The van der Waals surface area contributed by atoms with Crippen molar-refractivity contribution in [2.45, 2.75) is 13.5 Å². The summed E-state index contributed by atoms with van der Waals surface area (Å²) >= 11 is 0. The van der Waals surface area contributed by atoms with Gasteiger partial charge in [0.05, 0.1) is 12.1 Å². The fraction of sp³-hybridized carbons (Fsp3) is 0.125. The minimum atomic E-state index is -0.107. The highest BCUT2D eigenvalue weighted by molar-refractivity contribution is 6.05. The quantitative estimate of drug-likeness (QED) is 0.657. The molecule has 0 saturated heterocycles. The molecule has 1 heterocycles. The Bertz CT molecular complexity index is 846. The fourth-order valence-corrected chi connectivity index (χ4v) is 2.48. The zero-order chi connectivity index (χ0) is 13.4. The summed E-state index contributed by atoms with van der Waals surface area (Å²) in [6.07, 6.45) is 0. The Morgan fingerprint density at radius 2 is 1.53 bits per heavy atom. The van der Waals surface area contributed by atoms with Gasteiger partial charge in [-0.1, -0.05) is 36.4 Å². The summed E-state index contributed by atoms with van der Waals surface area (Å²) in [5.41, 5.74) is 0.700. The number of aromatic nitrogens is 1. The second-order valence-electron chi connectivity index (χ2n) is 4.66. The normalized spacial score (nSPS) is 11.0. The van der Waals surface area contributed by atoms with Crippen LogP contribution in [0, 0.1) is 0 Å². The molecule has 0 spiro atoms. The van der Waals surface area contributed by atoms with Crippen LogP contribution in [0.4, 0.5) is 0 Å². The fourth-order valence-electron chi connectivity index (χ4n) is 2.48. The van der Waals surface area contributed by atoms with Gasteiger partial charge in [-0.25, -0.2) is 0 Å². The number of hydrogen-bond donors (Lipinski definition) is 0. The molecule has 0 saturated carbocycles. The van der Waals surface area contributed by atoms with Gasteiger partial charge in [-0.3, -0.25) is 9.59 Å². The molecular weight excluding hydrogens is 238 g/mol. The minimum Gasteiger partial charge on any atom is -0.300 e. The number of nitrogens with zero attached hydrogens (tertiary/aromatic N) is 1. The monoisotopic (exact) mass is 251 g/mol. The summed E-state index contributed by atoms with van der Waals surface area (Å²) in [7, 11) is 0. The summed E-state index contributed by atoms with van der Waals surface area (Å²) in [4.78, 5) is 23.9. The van der Waals surface area contributed by atoms with E-state index in [1.165, 1.54) is 6.92 Å². The largest absolute Gasteiger partial charge is 0.300 e. The van der Waals surface area contributed by atoms with Gasteiger partial charge in [0.15, 0.2) is 0 Å². The van der Waals surface area contributed by atoms with Gasteiger partial charge < -0.3 is 4.57 Å². The Morgan fingerprint density at radius 1 is 0.947 bits per heavy atom. The number of benzene rings is 2. The van der Waals surface area contributed by atoms with Gasteiger partial charge in [0.2, 0.25) is 0 Å². The third-order valence-electron chi connectivity index (χ3n) is 3.27. The summed E-state index contributed by atoms with van der Waals surface area (Å²) in [6.45, 7) is 1.61. The highest BCUT2D eigenvalue weighted by Crippen LogP contribution is 2.22. The number of ketones is 1. The molecule has 0 N–H and O–H groups in total. The highest BCUT2D eigenvalue weighted by atomic mass is 16.1. The number of pyridine rings is 1. The number of Topliss-reactive ketones (excluding diaryl/α,β-unsaturated/α-hetero) is 1. The summed E-state index contributed by atoms with van der Waals surface area (Å²) in [5.74, 6) is -0.0254. The predicted octanol–water partition coefficient (Wildman–Crippen LogP) is 2.74. The van der Waals surface area contributed by atoms with Crippen molar-refractivity contribution in [3.05, 3.63) is 58.9 Å². The van der Waals surface area contributed by atoms with Gasteiger partial charge in [-0.2, -0.15) is 0 Å². The topological polar surface area (TPSA) is 39.1 Å². The van der Waals surface area contributed by atoms with Crippen LogP contribution in [0.25, 0.3) is 21.7 Å². The van der Waals surface area contributed by atoms with Gasteiger partial charge >= 0.3 is 0 Å². The van der Waals surface area contributed by atoms with Crippen molar-refractivity contribution in [3.63, 3.8) is 0 Å². The van der Waals surface area contributed by atoms with Crippen LogP contribution in [0.15, 0.2) is 53.3 Å². The Balaban J connectivity index is 2.55. The van der Waals surface area contributed by atoms with E-state index in [0.29, 0.717) is 5.39 Å². The smallest absolute Gasteiger partial charge is 0.259 e. The average molecular weight is 251 g/mol. The lowest BCUT2D eigenvalue weighted by Crippen LogP contribution is -2.23. The highest BCUT2D eigenvalue weighted by Gasteiger charge is 2.10. The average Bonchev–Trinajstić information content (AvgIpc) is 2.43. The second-order valence-corrected chi connectivity index (χ2v) is 4.66. The first kappa shape index (κ1) is 11.7. The Morgan fingerprint density at radius 3 is 2.21 bits per heavy atom. The van der Waals surface area contributed by atoms with E-state index < -0.39 is 0 Å². The van der Waals surface area contributed by atoms with Crippen molar-refractivity contribution in [2.75, 3.05) is 0 Å². The summed E-state index contributed by atoms with van der Waals surface area (Å²) in [5, 5.41) is 2.59. The number of hydrogen-bond acceptors (Lipinski definition) is 2. The number of fused-ring (bicyclic) bond motifs is 3. The number of para-hydroxylation sites is 1. The predicted molar refractivity (Wildman–Crippen MR) is 76.4 cm³/mol. The molecule has 1 aromatic heterocycles. The molecule has 0 atom stereocenters. The van der Waals surface area contributed by atoms with Gasteiger partial charge in [0.1, 0.15) is 5.78 Å². The van der Waals surface area contributed by atoms with Crippen LogP contribution < -0.4 is 5.56 Å². The maximum absolute atomic E-state index is 12.5. The van der Waals surface area contributed by atoms with Crippen LogP contribution in [-0.4, -0.2) is 10.4 Å². The zero-order valence-electron chi connectivity index (χ0n) is 10.6. The third kappa shape index (κ3) is 1.83. The van der Waals surface area contributed by atoms with Crippen molar-refractivity contribution in [1.29, 1.82) is 0 Å². The molecule has 0 unspecified atom stereocenters. The summed E-state index contributed by atoms with van der Waals surface area (Å²) < 4.78 is 1.56. The molecule has 0 amide bonds.